The molecule has 9 N–H and O–H groups in total. The van der Waals surface area contributed by atoms with E-state index in [0.29, 0.717) is 19.4 Å². The predicted octanol–water partition coefficient (Wildman–Crippen LogP) is 0.262. The zero-order chi connectivity index (χ0) is 51.9. The van der Waals surface area contributed by atoms with E-state index in [9.17, 15) is 61.7 Å². The average molecular weight is 1060 g/mol. The Labute approximate surface area is 414 Å². The largest absolute Gasteiger partial charge is 0.398 e. The average Bonchev–Trinajstić information content (AvgIpc) is 3.88. The van der Waals surface area contributed by atoms with Gasteiger partial charge in [-0.2, -0.15) is 16.8 Å². The zero-order valence-electron chi connectivity index (χ0n) is 41.1. The van der Waals surface area contributed by atoms with Crippen LogP contribution in [0.5, 0.6) is 0 Å². The van der Waals surface area contributed by atoms with Gasteiger partial charge in [0.15, 0.2) is 30.3 Å². The second-order valence-corrected chi connectivity index (χ2v) is 25.7. The third-order valence-electron chi connectivity index (χ3n) is 18.9. The van der Waals surface area contributed by atoms with Gasteiger partial charge in [-0.1, -0.05) is 39.3 Å². The first-order valence-corrected chi connectivity index (χ1v) is 27.4. The first kappa shape index (κ1) is 54.7. The van der Waals surface area contributed by atoms with Crippen molar-refractivity contribution in [3.05, 3.63) is 11.6 Å². The number of aliphatic hydroxyl groups is 7. The maximum absolute atomic E-state index is 12.2. The van der Waals surface area contributed by atoms with Crippen LogP contribution < -0.4 is 0 Å². The lowest BCUT2D eigenvalue weighted by atomic mass is 9.35. The van der Waals surface area contributed by atoms with Gasteiger partial charge < -0.3 is 73.6 Å². The Bertz CT molecular complexity index is 2240. The van der Waals surface area contributed by atoms with Crippen molar-refractivity contribution < 1.29 is 108 Å². The smallest absolute Gasteiger partial charge is 0.394 e. The van der Waals surface area contributed by atoms with Crippen molar-refractivity contribution in [2.24, 2.45) is 45.3 Å². The third kappa shape index (κ3) is 9.01. The van der Waals surface area contributed by atoms with Gasteiger partial charge in [0.1, 0.15) is 48.8 Å². The minimum absolute atomic E-state index is 0.102. The Morgan fingerprint density at radius 3 is 2.13 bits per heavy atom. The van der Waals surface area contributed by atoms with Gasteiger partial charge in [0.2, 0.25) is 0 Å². The van der Waals surface area contributed by atoms with Crippen LogP contribution in [0.15, 0.2) is 11.6 Å². The molecule has 5 aliphatic heterocycles. The van der Waals surface area contributed by atoms with Crippen LogP contribution in [-0.2, 0) is 67.1 Å². The van der Waals surface area contributed by atoms with Crippen molar-refractivity contribution in [1.82, 2.24) is 0 Å². The second-order valence-electron chi connectivity index (χ2n) is 23.6. The molecule has 3 unspecified atom stereocenters. The summed E-state index contributed by atoms with van der Waals surface area (Å²) in [4.78, 5) is 0. The maximum Gasteiger partial charge on any atom is 0.398 e. The fourth-order valence-corrected chi connectivity index (χ4v) is 17.2. The van der Waals surface area contributed by atoms with E-state index in [4.69, 9.17) is 37.9 Å². The van der Waals surface area contributed by atoms with Gasteiger partial charge in [-0.3, -0.25) is 9.11 Å². The molecule has 0 radical (unpaired) electrons. The van der Waals surface area contributed by atoms with Crippen LogP contribution in [0.25, 0.3) is 0 Å². The lowest BCUT2D eigenvalue weighted by Gasteiger charge is -2.70. The summed E-state index contributed by atoms with van der Waals surface area (Å²) in [7, 11) is -10.5. The first-order chi connectivity index (χ1) is 32.9. The summed E-state index contributed by atoms with van der Waals surface area (Å²) in [6.07, 6.45) is -13.1. The van der Waals surface area contributed by atoms with Crippen molar-refractivity contribution >= 4 is 20.8 Å². The van der Waals surface area contributed by atoms with E-state index in [-0.39, 0.29) is 46.0 Å². The van der Waals surface area contributed by atoms with Crippen LogP contribution in [0.1, 0.15) is 99.8 Å². The zero-order valence-corrected chi connectivity index (χ0v) is 42.8. The molecule has 408 valence electrons. The third-order valence-corrected chi connectivity index (χ3v) is 19.9. The quantitative estimate of drug-likeness (QED) is 0.0679. The van der Waals surface area contributed by atoms with Gasteiger partial charge in [-0.25, -0.2) is 8.37 Å². The summed E-state index contributed by atoms with van der Waals surface area (Å²) in [5, 5.41) is 77.5. The van der Waals surface area contributed by atoms with Gasteiger partial charge in [-0.15, -0.1) is 0 Å². The molecule has 0 amide bonds. The van der Waals surface area contributed by atoms with Crippen molar-refractivity contribution in [2.75, 3.05) is 33.0 Å². The summed E-state index contributed by atoms with van der Waals surface area (Å²) in [5.74, 6) is -0.445. The molecule has 4 saturated carbocycles. The Hall–Kier alpha value is -1.12. The summed E-state index contributed by atoms with van der Waals surface area (Å²) < 4.78 is 125. The van der Waals surface area contributed by atoms with E-state index < -0.39 is 143 Å². The Balaban J connectivity index is 0.981. The molecule has 9 rings (SSSR count). The predicted molar refractivity (Wildman–Crippen MR) is 240 cm³/mol. The van der Waals surface area contributed by atoms with Crippen LogP contribution in [0, 0.1) is 45.3 Å². The number of fused-ring (bicyclic) bond motifs is 4. The lowest BCUT2D eigenvalue weighted by Crippen LogP contribution is -2.67. The lowest BCUT2D eigenvalue weighted by molar-refractivity contribution is -0.373. The molecule has 0 aromatic carbocycles. The van der Waals surface area contributed by atoms with E-state index in [0.717, 1.165) is 44.1 Å². The van der Waals surface area contributed by atoms with Crippen LogP contribution >= 0.6 is 0 Å². The molecule has 5 saturated heterocycles. The van der Waals surface area contributed by atoms with Crippen molar-refractivity contribution in [3.8, 4) is 0 Å². The van der Waals surface area contributed by atoms with E-state index in [1.54, 1.807) is 0 Å². The number of ether oxygens (including phenoxy) is 8. The molecule has 4 aliphatic carbocycles. The molecule has 5 heterocycles. The Kier molecular flexibility index (Phi) is 14.3. The normalized spacial score (nSPS) is 52.5. The number of allylic oxidation sites excluding steroid dienone is 1. The molecule has 0 aromatic rings. The fourth-order valence-electron chi connectivity index (χ4n) is 16.1. The highest BCUT2D eigenvalue weighted by atomic mass is 32.3. The van der Waals surface area contributed by atoms with Gasteiger partial charge in [0, 0.05) is 24.2 Å². The fraction of sp³-hybridized carbons (Fsp3) is 0.957. The van der Waals surface area contributed by atoms with E-state index in [1.807, 2.05) is 20.8 Å². The number of aliphatic hydroxyl groups excluding tert-OH is 6. The number of hydrogen-bond donors (Lipinski definition) is 9. The Morgan fingerprint density at radius 2 is 1.48 bits per heavy atom. The highest BCUT2D eigenvalue weighted by Gasteiger charge is 2.81. The van der Waals surface area contributed by atoms with E-state index >= 15 is 0 Å². The minimum atomic E-state index is -5.28. The summed E-state index contributed by atoms with van der Waals surface area (Å²) in [6, 6.07) is 0. The molecule has 9 aliphatic rings. The Morgan fingerprint density at radius 1 is 0.775 bits per heavy atom. The molecular formula is C46H74O23S2. The van der Waals surface area contributed by atoms with Crippen LogP contribution in [-0.4, -0.2) is 192 Å². The standard InChI is InChI=1S/C46H74O23S2/c1-22(2)14-23-15-43(7,53)35-24-8-9-28-41(5)12-11-29(40(3,4)27(41)10-13-42(28,6)44(24)18-46(35,67-23)62-20-44)64-38-34(66-39-36(52)45(19-48,21-61-39)69-71(57,58)59)32(25(49)17-60-38)65-37-31(51)30(50)33(26(16-47)63-37)68-70(54,55)56/h14,23-39,47-53H,8-13,15-21H2,1-7H3,(H,54,55,56)(H,57,58,59)/t23?,24-,25+,26-,27?,28-,29+,30-,31-,32+,33-,34-,35+,36+,37+,38-,39-,41+,42-,43+,44+,45+,46?/m1/s1. The molecule has 2 bridgehead atoms. The SMILES string of the molecule is CC(C)=CC1C[C@](C)(O)[C@@H]2[C@H]3CC[C@@H]4[C@@]5(C)CC[C@H](O[C@H]6OC[C@H](O)[C@H](O[C@@H]7O[C@H](CO)[C@@H](OS(=O)(=O)O)[C@H](O)[C@H]7O)[C@H]6O[C@H]6OC[C@](CO)(OS(=O)(=O)O)[C@H]6O)C(C)(C)C5CC[C@@]4(C)[C@@]34COC2(C4)O1. The van der Waals surface area contributed by atoms with Crippen LogP contribution in [0.4, 0.5) is 0 Å². The molecule has 23 atom stereocenters. The molecule has 23 nitrogen and oxygen atoms in total. The van der Waals surface area contributed by atoms with Gasteiger partial charge in [0.25, 0.3) is 0 Å². The highest BCUT2D eigenvalue weighted by molar-refractivity contribution is 7.81. The number of hydrogen-bond acceptors (Lipinski definition) is 21. The maximum atomic E-state index is 12.2. The monoisotopic (exact) mass is 1060 g/mol. The highest BCUT2D eigenvalue weighted by Crippen LogP contribution is 2.80. The van der Waals surface area contributed by atoms with E-state index in [2.05, 4.69) is 42.1 Å². The minimum Gasteiger partial charge on any atom is -0.394 e. The van der Waals surface area contributed by atoms with Crippen molar-refractivity contribution in [3.63, 3.8) is 0 Å². The van der Waals surface area contributed by atoms with Crippen molar-refractivity contribution in [1.29, 1.82) is 0 Å². The second kappa shape index (κ2) is 18.5. The van der Waals surface area contributed by atoms with Crippen LogP contribution in [0.2, 0.25) is 0 Å². The van der Waals surface area contributed by atoms with Gasteiger partial charge in [-0.05, 0) is 93.3 Å². The molecule has 9 fully saturated rings. The molecular weight excluding hydrogens is 985 g/mol. The van der Waals surface area contributed by atoms with Crippen LogP contribution in [0.3, 0.4) is 0 Å². The molecule has 25 heteroatoms. The van der Waals surface area contributed by atoms with Gasteiger partial charge >= 0.3 is 20.8 Å². The van der Waals surface area contributed by atoms with E-state index in [1.165, 1.54) is 0 Å². The van der Waals surface area contributed by atoms with Gasteiger partial charge in [0.05, 0.1) is 50.8 Å². The summed E-state index contributed by atoms with van der Waals surface area (Å²) in [6.45, 7) is 12.2. The summed E-state index contributed by atoms with van der Waals surface area (Å²) >= 11 is 0. The summed E-state index contributed by atoms with van der Waals surface area (Å²) in [5.41, 5.74) is -3.43. The number of rotatable bonds is 13. The molecule has 0 aromatic heterocycles. The first-order valence-electron chi connectivity index (χ1n) is 24.7. The topological polar surface area (TPSA) is 343 Å². The molecule has 2 spiro atoms. The molecule has 71 heavy (non-hydrogen) atoms. The van der Waals surface area contributed by atoms with Crippen molar-refractivity contribution in [2.45, 2.75) is 197 Å².